The molecule has 0 spiro atoms. The number of aryl methyl sites for hydroxylation is 2. The Morgan fingerprint density at radius 3 is 2.71 bits per heavy atom. The highest BCUT2D eigenvalue weighted by atomic mass is 35.5. The van der Waals surface area contributed by atoms with Crippen LogP contribution in [-0.4, -0.2) is 0 Å². The lowest BCUT2D eigenvalue weighted by atomic mass is 10.1. The van der Waals surface area contributed by atoms with Crippen LogP contribution in [0.4, 0.5) is 0 Å². The average molecular weight is 320 g/mol. The zero-order chi connectivity index (χ0) is 15.0. The number of benzene rings is 1. The van der Waals surface area contributed by atoms with Gasteiger partial charge in [0.1, 0.15) is 11.5 Å². The molecule has 4 heteroatoms. The minimum Gasteiger partial charge on any atom is -0.466 e. The standard InChI is InChI=1S/C17H18ClNOS/c1-10-8-14(12(3)20-10)11(2)19-9-16-17(18)13-6-4-5-7-15(13)21-16/h4-8,11,19H,9H2,1-3H3. The van der Waals surface area contributed by atoms with E-state index >= 15 is 0 Å². The largest absolute Gasteiger partial charge is 0.466 e. The maximum absolute atomic E-state index is 6.47. The number of halogens is 1. The molecule has 0 aliphatic heterocycles. The molecule has 21 heavy (non-hydrogen) atoms. The third-order valence-electron chi connectivity index (χ3n) is 3.72. The van der Waals surface area contributed by atoms with Crippen LogP contribution in [-0.2, 0) is 6.54 Å². The molecule has 0 aliphatic rings. The van der Waals surface area contributed by atoms with Gasteiger partial charge in [-0.1, -0.05) is 29.8 Å². The van der Waals surface area contributed by atoms with Crippen LogP contribution in [0.5, 0.6) is 0 Å². The molecular formula is C17H18ClNOS. The van der Waals surface area contributed by atoms with Gasteiger partial charge in [-0.25, -0.2) is 0 Å². The van der Waals surface area contributed by atoms with Gasteiger partial charge in [0.15, 0.2) is 0 Å². The van der Waals surface area contributed by atoms with E-state index in [9.17, 15) is 0 Å². The molecule has 2 heterocycles. The van der Waals surface area contributed by atoms with E-state index in [0.717, 1.165) is 28.5 Å². The van der Waals surface area contributed by atoms with Crippen LogP contribution < -0.4 is 5.32 Å². The maximum Gasteiger partial charge on any atom is 0.105 e. The lowest BCUT2D eigenvalue weighted by molar-refractivity contribution is 0.490. The summed E-state index contributed by atoms with van der Waals surface area (Å²) in [7, 11) is 0. The second-order valence-electron chi connectivity index (χ2n) is 5.31. The first-order valence-corrected chi connectivity index (χ1v) is 8.22. The van der Waals surface area contributed by atoms with E-state index in [-0.39, 0.29) is 6.04 Å². The molecule has 1 atom stereocenters. The summed E-state index contributed by atoms with van der Waals surface area (Å²) < 4.78 is 6.83. The highest BCUT2D eigenvalue weighted by Gasteiger charge is 2.14. The fraction of sp³-hybridized carbons (Fsp3) is 0.294. The zero-order valence-electron chi connectivity index (χ0n) is 12.4. The predicted octanol–water partition coefficient (Wildman–Crippen LogP) is 5.62. The lowest BCUT2D eigenvalue weighted by Gasteiger charge is -2.12. The average Bonchev–Trinajstić information content (AvgIpc) is 2.97. The van der Waals surface area contributed by atoms with E-state index in [0.29, 0.717) is 0 Å². The lowest BCUT2D eigenvalue weighted by Crippen LogP contribution is -2.17. The van der Waals surface area contributed by atoms with Crippen molar-refractivity contribution in [1.82, 2.24) is 5.32 Å². The quantitative estimate of drug-likeness (QED) is 0.675. The topological polar surface area (TPSA) is 25.2 Å². The molecule has 110 valence electrons. The molecule has 1 aromatic carbocycles. The number of rotatable bonds is 4. The summed E-state index contributed by atoms with van der Waals surface area (Å²) in [6.45, 7) is 6.90. The van der Waals surface area contributed by atoms with E-state index in [1.54, 1.807) is 11.3 Å². The Morgan fingerprint density at radius 1 is 1.29 bits per heavy atom. The van der Waals surface area contributed by atoms with Crippen LogP contribution in [0.1, 0.15) is 34.9 Å². The van der Waals surface area contributed by atoms with Crippen LogP contribution in [0.3, 0.4) is 0 Å². The Kier molecular flexibility index (Phi) is 4.07. The number of fused-ring (bicyclic) bond motifs is 1. The molecule has 2 nitrogen and oxygen atoms in total. The van der Waals surface area contributed by atoms with E-state index in [4.69, 9.17) is 16.0 Å². The first-order valence-electron chi connectivity index (χ1n) is 7.02. The fourth-order valence-electron chi connectivity index (χ4n) is 2.61. The Hall–Kier alpha value is -1.29. The van der Waals surface area contributed by atoms with Crippen LogP contribution >= 0.6 is 22.9 Å². The summed E-state index contributed by atoms with van der Waals surface area (Å²) in [5.74, 6) is 1.94. The third kappa shape index (κ3) is 2.86. The van der Waals surface area contributed by atoms with Gasteiger partial charge in [-0.15, -0.1) is 11.3 Å². The molecule has 0 saturated carbocycles. The van der Waals surface area contributed by atoms with Crippen molar-refractivity contribution in [2.45, 2.75) is 33.4 Å². The summed E-state index contributed by atoms with van der Waals surface area (Å²) >= 11 is 8.23. The number of hydrogen-bond donors (Lipinski definition) is 1. The van der Waals surface area contributed by atoms with E-state index in [1.165, 1.54) is 15.1 Å². The van der Waals surface area contributed by atoms with Gasteiger partial charge >= 0.3 is 0 Å². The second kappa shape index (κ2) is 5.84. The highest BCUT2D eigenvalue weighted by molar-refractivity contribution is 7.19. The van der Waals surface area contributed by atoms with Gasteiger partial charge in [0.25, 0.3) is 0 Å². The van der Waals surface area contributed by atoms with Crippen molar-refractivity contribution in [3.63, 3.8) is 0 Å². The van der Waals surface area contributed by atoms with Crippen molar-refractivity contribution in [3.05, 3.63) is 57.3 Å². The van der Waals surface area contributed by atoms with Crippen molar-refractivity contribution in [2.24, 2.45) is 0 Å². The third-order valence-corrected chi connectivity index (χ3v) is 5.43. The van der Waals surface area contributed by atoms with Crippen LogP contribution in [0.15, 0.2) is 34.7 Å². The number of nitrogens with one attached hydrogen (secondary N) is 1. The monoisotopic (exact) mass is 319 g/mol. The van der Waals surface area contributed by atoms with Gasteiger partial charge in [0.2, 0.25) is 0 Å². The number of furan rings is 1. The van der Waals surface area contributed by atoms with Crippen LogP contribution in [0, 0.1) is 13.8 Å². The highest BCUT2D eigenvalue weighted by Crippen LogP contribution is 2.35. The van der Waals surface area contributed by atoms with Crippen molar-refractivity contribution in [2.75, 3.05) is 0 Å². The molecular weight excluding hydrogens is 302 g/mol. The van der Waals surface area contributed by atoms with Crippen molar-refractivity contribution >= 4 is 33.0 Å². The van der Waals surface area contributed by atoms with E-state index in [1.807, 2.05) is 26.0 Å². The first kappa shape index (κ1) is 14.6. The molecule has 3 aromatic rings. The minimum absolute atomic E-state index is 0.240. The maximum atomic E-state index is 6.47. The van der Waals surface area contributed by atoms with E-state index < -0.39 is 0 Å². The van der Waals surface area contributed by atoms with Gasteiger partial charge < -0.3 is 9.73 Å². The molecule has 1 N–H and O–H groups in total. The molecule has 0 amide bonds. The Balaban J connectivity index is 1.77. The summed E-state index contributed by atoms with van der Waals surface area (Å²) in [6.07, 6.45) is 0. The van der Waals surface area contributed by atoms with Gasteiger partial charge in [-0.3, -0.25) is 0 Å². The van der Waals surface area contributed by atoms with Gasteiger partial charge in [0.05, 0.1) is 5.02 Å². The molecule has 0 saturated heterocycles. The predicted molar refractivity (Wildman–Crippen MR) is 90.3 cm³/mol. The molecule has 3 rings (SSSR count). The molecule has 1 unspecified atom stereocenters. The van der Waals surface area contributed by atoms with Crippen molar-refractivity contribution in [3.8, 4) is 0 Å². The molecule has 0 bridgehead atoms. The van der Waals surface area contributed by atoms with Gasteiger partial charge in [-0.05, 0) is 32.9 Å². The SMILES string of the molecule is Cc1cc(C(C)NCc2sc3ccccc3c2Cl)c(C)o1. The summed E-state index contributed by atoms with van der Waals surface area (Å²) in [5.41, 5.74) is 1.21. The summed E-state index contributed by atoms with van der Waals surface area (Å²) in [6, 6.07) is 10.6. The van der Waals surface area contributed by atoms with Crippen LogP contribution in [0.2, 0.25) is 5.02 Å². The first-order chi connectivity index (χ1) is 10.1. The number of thiophene rings is 1. The molecule has 0 fully saturated rings. The number of hydrogen-bond acceptors (Lipinski definition) is 3. The van der Waals surface area contributed by atoms with E-state index in [2.05, 4.69) is 30.4 Å². The van der Waals surface area contributed by atoms with Gasteiger partial charge in [0, 0.05) is 33.1 Å². The molecule has 0 radical (unpaired) electrons. The smallest absolute Gasteiger partial charge is 0.105 e. The van der Waals surface area contributed by atoms with Crippen molar-refractivity contribution in [1.29, 1.82) is 0 Å². The molecule has 0 aliphatic carbocycles. The Morgan fingerprint density at radius 2 is 2.05 bits per heavy atom. The second-order valence-corrected chi connectivity index (χ2v) is 6.82. The Bertz CT molecular complexity index is 774. The van der Waals surface area contributed by atoms with Crippen molar-refractivity contribution < 1.29 is 4.42 Å². The Labute approximate surface area is 133 Å². The molecule has 2 aromatic heterocycles. The normalized spacial score (nSPS) is 13.0. The minimum atomic E-state index is 0.240. The zero-order valence-corrected chi connectivity index (χ0v) is 13.9. The van der Waals surface area contributed by atoms with Crippen LogP contribution in [0.25, 0.3) is 10.1 Å². The summed E-state index contributed by atoms with van der Waals surface area (Å²) in [4.78, 5) is 1.18. The fourth-order valence-corrected chi connectivity index (χ4v) is 4.07. The summed E-state index contributed by atoms with van der Waals surface area (Å²) in [5, 5.41) is 5.55. The van der Waals surface area contributed by atoms with Gasteiger partial charge in [-0.2, -0.15) is 0 Å².